The maximum atomic E-state index is 13.0. The van der Waals surface area contributed by atoms with Crippen LogP contribution >= 0.6 is 12.4 Å². The molecule has 148 valence electrons. The Kier molecular flexibility index (Phi) is 8.88. The zero-order chi connectivity index (χ0) is 19.2. The second kappa shape index (κ2) is 10.4. The molecule has 0 aliphatic carbocycles. The number of anilines is 1. The summed E-state index contributed by atoms with van der Waals surface area (Å²) < 4.78 is 37.7. The molecule has 1 atom stereocenters. The van der Waals surface area contributed by atoms with Crippen molar-refractivity contribution in [3.05, 3.63) is 59.9 Å². The molecule has 0 aromatic heterocycles. The van der Waals surface area contributed by atoms with Crippen molar-refractivity contribution >= 4 is 33.8 Å². The van der Waals surface area contributed by atoms with E-state index in [0.717, 1.165) is 24.2 Å². The highest BCUT2D eigenvalue weighted by molar-refractivity contribution is 7.91. The Balaban J connectivity index is 0.00000364. The lowest BCUT2D eigenvalue weighted by atomic mass is 10.1. The first kappa shape index (κ1) is 23.1. The lowest BCUT2D eigenvalue weighted by Gasteiger charge is -2.13. The van der Waals surface area contributed by atoms with Gasteiger partial charge in [-0.1, -0.05) is 26.0 Å². The van der Waals surface area contributed by atoms with Gasteiger partial charge in [0.25, 0.3) is 0 Å². The third kappa shape index (κ3) is 6.93. The Morgan fingerprint density at radius 3 is 2.44 bits per heavy atom. The fraction of sp³-hybridized carbons (Fsp3) is 0.316. The summed E-state index contributed by atoms with van der Waals surface area (Å²) in [6.07, 6.45) is 0. The van der Waals surface area contributed by atoms with E-state index in [0.29, 0.717) is 12.2 Å². The molecular weight excluding hydrogens is 391 g/mol. The molecule has 0 saturated heterocycles. The van der Waals surface area contributed by atoms with Crippen LogP contribution in [-0.4, -0.2) is 26.6 Å². The van der Waals surface area contributed by atoms with Gasteiger partial charge in [0.15, 0.2) is 9.84 Å². The summed E-state index contributed by atoms with van der Waals surface area (Å²) in [5.74, 6) is -1.98. The highest BCUT2D eigenvalue weighted by Crippen LogP contribution is 2.17. The Morgan fingerprint density at radius 2 is 1.81 bits per heavy atom. The maximum absolute atomic E-state index is 13.0. The second-order valence-corrected chi connectivity index (χ2v) is 8.14. The summed E-state index contributed by atoms with van der Waals surface area (Å²) in [6, 6.07) is 12.0. The quantitative estimate of drug-likeness (QED) is 0.649. The number of nitrogens with one attached hydrogen (secondary N) is 2. The van der Waals surface area contributed by atoms with Crippen LogP contribution in [0.25, 0.3) is 0 Å². The molecule has 2 rings (SSSR count). The molecule has 0 aliphatic heterocycles. The van der Waals surface area contributed by atoms with E-state index in [1.54, 1.807) is 13.0 Å². The number of amides is 1. The van der Waals surface area contributed by atoms with Crippen molar-refractivity contribution in [2.45, 2.75) is 25.3 Å². The average Bonchev–Trinajstić information content (AvgIpc) is 2.60. The van der Waals surface area contributed by atoms with Crippen LogP contribution in [0, 0.1) is 11.7 Å². The van der Waals surface area contributed by atoms with Gasteiger partial charge in [-0.3, -0.25) is 4.79 Å². The zero-order valence-electron chi connectivity index (χ0n) is 15.2. The van der Waals surface area contributed by atoms with E-state index in [1.807, 2.05) is 25.1 Å². The predicted octanol–water partition coefficient (Wildman–Crippen LogP) is 3.41. The van der Waals surface area contributed by atoms with E-state index in [2.05, 4.69) is 10.6 Å². The van der Waals surface area contributed by atoms with Crippen molar-refractivity contribution in [2.75, 3.05) is 17.6 Å². The minimum Gasteiger partial charge on any atom is -0.326 e. The summed E-state index contributed by atoms with van der Waals surface area (Å²) in [7, 11) is -3.67. The summed E-state index contributed by atoms with van der Waals surface area (Å²) in [5.41, 5.74) is 1.65. The third-order valence-corrected chi connectivity index (χ3v) is 5.79. The Labute approximate surface area is 165 Å². The van der Waals surface area contributed by atoms with Crippen LogP contribution in [0.4, 0.5) is 10.1 Å². The number of hydrogen-bond acceptors (Lipinski definition) is 4. The van der Waals surface area contributed by atoms with Crippen LogP contribution in [0.3, 0.4) is 0 Å². The van der Waals surface area contributed by atoms with E-state index in [-0.39, 0.29) is 29.0 Å². The first-order chi connectivity index (χ1) is 12.3. The highest BCUT2D eigenvalue weighted by Gasteiger charge is 2.23. The fourth-order valence-corrected chi connectivity index (χ4v) is 3.99. The number of sulfone groups is 1. The molecule has 0 spiro atoms. The van der Waals surface area contributed by atoms with Gasteiger partial charge in [0.2, 0.25) is 5.91 Å². The van der Waals surface area contributed by atoms with Crippen LogP contribution in [-0.2, 0) is 21.2 Å². The van der Waals surface area contributed by atoms with Crippen LogP contribution in [0.5, 0.6) is 0 Å². The predicted molar refractivity (Wildman–Crippen MR) is 107 cm³/mol. The highest BCUT2D eigenvalue weighted by atomic mass is 35.5. The van der Waals surface area contributed by atoms with Crippen molar-refractivity contribution in [3.8, 4) is 0 Å². The molecule has 0 aliphatic rings. The minimum absolute atomic E-state index is 0. The van der Waals surface area contributed by atoms with E-state index in [4.69, 9.17) is 0 Å². The van der Waals surface area contributed by atoms with Gasteiger partial charge < -0.3 is 10.6 Å². The van der Waals surface area contributed by atoms with E-state index < -0.39 is 21.6 Å². The normalized spacial score (nSPS) is 12.1. The molecule has 2 N–H and O–H groups in total. The molecule has 0 radical (unpaired) electrons. The topological polar surface area (TPSA) is 75.3 Å². The van der Waals surface area contributed by atoms with Gasteiger partial charge in [0, 0.05) is 18.2 Å². The van der Waals surface area contributed by atoms with Gasteiger partial charge >= 0.3 is 0 Å². The van der Waals surface area contributed by atoms with Crippen molar-refractivity contribution in [1.29, 1.82) is 0 Å². The SMILES string of the molecule is CCNCc1cccc(NC(=O)C(C)CS(=O)(=O)c2ccc(F)cc2)c1.Cl. The van der Waals surface area contributed by atoms with E-state index in [1.165, 1.54) is 12.1 Å². The van der Waals surface area contributed by atoms with E-state index >= 15 is 0 Å². The van der Waals surface area contributed by atoms with Crippen molar-refractivity contribution in [1.82, 2.24) is 5.32 Å². The first-order valence-electron chi connectivity index (χ1n) is 8.40. The Bertz CT molecular complexity index is 858. The maximum Gasteiger partial charge on any atom is 0.228 e. The van der Waals surface area contributed by atoms with Gasteiger partial charge in [-0.15, -0.1) is 12.4 Å². The standard InChI is InChI=1S/C19H23FN2O3S.ClH/c1-3-21-12-15-5-4-6-17(11-15)22-19(23)14(2)13-26(24,25)18-9-7-16(20)8-10-18;/h4-11,14,21H,3,12-13H2,1-2H3,(H,22,23);1H. The number of carbonyl (C=O) groups is 1. The molecule has 2 aromatic carbocycles. The van der Waals surface area contributed by atoms with Crippen molar-refractivity contribution < 1.29 is 17.6 Å². The van der Waals surface area contributed by atoms with Crippen LogP contribution in [0.2, 0.25) is 0 Å². The van der Waals surface area contributed by atoms with Crippen molar-refractivity contribution in [3.63, 3.8) is 0 Å². The molecule has 0 heterocycles. The number of halogens is 2. The number of hydrogen-bond donors (Lipinski definition) is 2. The lowest BCUT2D eigenvalue weighted by Crippen LogP contribution is -2.27. The summed E-state index contributed by atoms with van der Waals surface area (Å²) in [5, 5.41) is 5.95. The molecule has 5 nitrogen and oxygen atoms in total. The molecule has 2 aromatic rings. The van der Waals surface area contributed by atoms with Gasteiger partial charge in [-0.05, 0) is 48.5 Å². The molecule has 0 fully saturated rings. The molecule has 1 unspecified atom stereocenters. The summed E-state index contributed by atoms with van der Waals surface area (Å²) in [6.45, 7) is 5.09. The smallest absolute Gasteiger partial charge is 0.228 e. The fourth-order valence-electron chi connectivity index (χ4n) is 2.44. The van der Waals surface area contributed by atoms with Crippen LogP contribution in [0.1, 0.15) is 19.4 Å². The zero-order valence-corrected chi connectivity index (χ0v) is 16.9. The summed E-state index contributed by atoms with van der Waals surface area (Å²) >= 11 is 0. The minimum atomic E-state index is -3.67. The van der Waals surface area contributed by atoms with Gasteiger partial charge in [0.1, 0.15) is 5.82 Å². The molecule has 8 heteroatoms. The molecule has 0 bridgehead atoms. The van der Waals surface area contributed by atoms with Gasteiger partial charge in [-0.25, -0.2) is 12.8 Å². The second-order valence-electron chi connectivity index (χ2n) is 6.11. The van der Waals surface area contributed by atoms with Crippen molar-refractivity contribution in [2.24, 2.45) is 5.92 Å². The van der Waals surface area contributed by atoms with Crippen LogP contribution < -0.4 is 10.6 Å². The first-order valence-corrected chi connectivity index (χ1v) is 10.1. The number of rotatable bonds is 8. The monoisotopic (exact) mass is 414 g/mol. The van der Waals surface area contributed by atoms with E-state index in [9.17, 15) is 17.6 Å². The van der Waals surface area contributed by atoms with Gasteiger partial charge in [-0.2, -0.15) is 0 Å². The summed E-state index contributed by atoms with van der Waals surface area (Å²) in [4.78, 5) is 12.4. The van der Waals surface area contributed by atoms with Gasteiger partial charge in [0.05, 0.1) is 10.6 Å². The van der Waals surface area contributed by atoms with Crippen LogP contribution in [0.15, 0.2) is 53.4 Å². The number of benzene rings is 2. The Morgan fingerprint density at radius 1 is 1.15 bits per heavy atom. The molecule has 27 heavy (non-hydrogen) atoms. The number of carbonyl (C=O) groups excluding carboxylic acids is 1. The largest absolute Gasteiger partial charge is 0.326 e. The molecular formula is C19H24ClFN2O3S. The lowest BCUT2D eigenvalue weighted by molar-refractivity contribution is -0.118. The molecule has 0 saturated carbocycles. The third-order valence-electron chi connectivity index (χ3n) is 3.86. The molecule has 1 amide bonds. The Hall–Kier alpha value is -1.96. The average molecular weight is 415 g/mol.